The van der Waals surface area contributed by atoms with E-state index >= 15 is 0 Å². The van der Waals surface area contributed by atoms with Crippen LogP contribution < -0.4 is 0 Å². The predicted molar refractivity (Wildman–Crippen MR) is 75.2 cm³/mol. The highest BCUT2D eigenvalue weighted by Crippen LogP contribution is 2.51. The van der Waals surface area contributed by atoms with Crippen molar-refractivity contribution in [2.45, 2.75) is 45.2 Å². The second kappa shape index (κ2) is 5.14. The van der Waals surface area contributed by atoms with Gasteiger partial charge in [0.15, 0.2) is 5.76 Å². The zero-order valence-corrected chi connectivity index (χ0v) is 12.9. The third-order valence-corrected chi connectivity index (χ3v) is 4.80. The Kier molecular flexibility index (Phi) is 3.58. The molecule has 2 heterocycles. The highest BCUT2D eigenvalue weighted by molar-refractivity contribution is 5.91. The molecule has 116 valence electrons. The summed E-state index contributed by atoms with van der Waals surface area (Å²) in [6.45, 7) is 6.20. The van der Waals surface area contributed by atoms with Crippen molar-refractivity contribution in [3.05, 3.63) is 23.5 Å². The molecule has 5 nitrogen and oxygen atoms in total. The van der Waals surface area contributed by atoms with Crippen molar-refractivity contribution in [1.82, 2.24) is 0 Å². The molecule has 3 aliphatic rings. The topological polar surface area (TPSA) is 54.0 Å². The lowest BCUT2D eigenvalue weighted by molar-refractivity contribution is -0.283. The number of hydrogen-bond acceptors (Lipinski definition) is 5. The standard InChI is InChI=1S/C16H22O5/c1-5-19-16(10(3)11-7-6-8-12(11)21-16)14-13(18-4)9(2)15(17)20-14/h6-7,10-12,14H,5,8H2,1-4H3/t10-,11-,12-,14?,16?/m0/s1. The number of carbonyl (C=O) groups excluding carboxylic acids is 1. The van der Waals surface area contributed by atoms with Gasteiger partial charge in [-0.1, -0.05) is 19.1 Å². The van der Waals surface area contributed by atoms with Gasteiger partial charge in [0, 0.05) is 18.4 Å². The van der Waals surface area contributed by atoms with E-state index in [4.69, 9.17) is 18.9 Å². The summed E-state index contributed by atoms with van der Waals surface area (Å²) in [6, 6.07) is 0. The van der Waals surface area contributed by atoms with E-state index in [-0.39, 0.29) is 23.9 Å². The van der Waals surface area contributed by atoms with Crippen molar-refractivity contribution in [1.29, 1.82) is 0 Å². The molecule has 3 rings (SSSR count). The first-order valence-corrected chi connectivity index (χ1v) is 7.49. The van der Waals surface area contributed by atoms with E-state index in [2.05, 4.69) is 19.1 Å². The average molecular weight is 294 g/mol. The lowest BCUT2D eigenvalue weighted by Crippen LogP contribution is -2.51. The van der Waals surface area contributed by atoms with Crippen LogP contribution in [0.15, 0.2) is 23.5 Å². The van der Waals surface area contributed by atoms with Crippen LogP contribution in [-0.2, 0) is 23.7 Å². The summed E-state index contributed by atoms with van der Waals surface area (Å²) in [5.41, 5.74) is 0.491. The van der Waals surface area contributed by atoms with E-state index in [1.807, 2.05) is 6.92 Å². The van der Waals surface area contributed by atoms with Crippen LogP contribution in [0.5, 0.6) is 0 Å². The van der Waals surface area contributed by atoms with E-state index in [0.29, 0.717) is 17.9 Å². The summed E-state index contributed by atoms with van der Waals surface area (Å²) in [6.07, 6.45) is 4.64. The van der Waals surface area contributed by atoms with E-state index in [9.17, 15) is 4.79 Å². The molecular formula is C16H22O5. The Labute approximate surface area is 124 Å². The molecule has 1 saturated heterocycles. The monoisotopic (exact) mass is 294 g/mol. The van der Waals surface area contributed by atoms with Gasteiger partial charge in [-0.05, 0) is 20.3 Å². The molecule has 2 aliphatic heterocycles. The van der Waals surface area contributed by atoms with Gasteiger partial charge in [0.2, 0.25) is 11.9 Å². The number of hydrogen-bond donors (Lipinski definition) is 0. The highest BCUT2D eigenvalue weighted by Gasteiger charge is 2.62. The van der Waals surface area contributed by atoms with Crippen LogP contribution in [0, 0.1) is 11.8 Å². The van der Waals surface area contributed by atoms with Crippen molar-refractivity contribution in [2.75, 3.05) is 13.7 Å². The van der Waals surface area contributed by atoms with Crippen LogP contribution in [0.1, 0.15) is 27.2 Å². The van der Waals surface area contributed by atoms with Gasteiger partial charge in [0.05, 0.1) is 18.8 Å². The number of carbonyl (C=O) groups is 1. The number of fused-ring (bicyclic) bond motifs is 1. The van der Waals surface area contributed by atoms with Crippen LogP contribution in [0.25, 0.3) is 0 Å². The first-order chi connectivity index (χ1) is 10.0. The Morgan fingerprint density at radius 1 is 1.48 bits per heavy atom. The number of esters is 1. The lowest BCUT2D eigenvalue weighted by atomic mass is 9.85. The molecule has 0 spiro atoms. The Balaban J connectivity index is 1.99. The average Bonchev–Trinajstić information content (AvgIpc) is 3.09. The van der Waals surface area contributed by atoms with Crippen LogP contribution >= 0.6 is 0 Å². The molecule has 5 heteroatoms. The zero-order chi connectivity index (χ0) is 15.2. The smallest absolute Gasteiger partial charge is 0.338 e. The third-order valence-electron chi connectivity index (χ3n) is 4.80. The van der Waals surface area contributed by atoms with E-state index in [0.717, 1.165) is 6.42 Å². The van der Waals surface area contributed by atoms with Gasteiger partial charge in [0.1, 0.15) is 0 Å². The number of cyclic esters (lactones) is 1. The van der Waals surface area contributed by atoms with Crippen molar-refractivity contribution in [2.24, 2.45) is 11.8 Å². The Morgan fingerprint density at radius 3 is 2.86 bits per heavy atom. The van der Waals surface area contributed by atoms with Gasteiger partial charge < -0.3 is 18.9 Å². The Bertz CT molecular complexity index is 509. The lowest BCUT2D eigenvalue weighted by Gasteiger charge is -2.37. The third kappa shape index (κ3) is 1.94. The summed E-state index contributed by atoms with van der Waals surface area (Å²) in [4.78, 5) is 11.9. The Hall–Kier alpha value is -1.33. The quantitative estimate of drug-likeness (QED) is 0.587. The second-order valence-corrected chi connectivity index (χ2v) is 5.82. The normalized spacial score (nSPS) is 41.6. The summed E-state index contributed by atoms with van der Waals surface area (Å²) in [5.74, 6) is -0.443. The summed E-state index contributed by atoms with van der Waals surface area (Å²) in [5, 5.41) is 0. The summed E-state index contributed by atoms with van der Waals surface area (Å²) < 4.78 is 23.2. The fourth-order valence-electron chi connectivity index (χ4n) is 3.72. The molecule has 5 atom stereocenters. The first kappa shape index (κ1) is 14.6. The fourth-order valence-corrected chi connectivity index (χ4v) is 3.72. The number of ether oxygens (including phenoxy) is 4. The van der Waals surface area contributed by atoms with Crippen LogP contribution in [0.3, 0.4) is 0 Å². The molecular weight excluding hydrogens is 272 g/mol. The molecule has 21 heavy (non-hydrogen) atoms. The molecule has 1 fully saturated rings. The highest BCUT2D eigenvalue weighted by atomic mass is 16.7. The largest absolute Gasteiger partial charge is 0.496 e. The van der Waals surface area contributed by atoms with Crippen molar-refractivity contribution < 1.29 is 23.7 Å². The van der Waals surface area contributed by atoms with Gasteiger partial charge >= 0.3 is 5.97 Å². The maximum atomic E-state index is 11.9. The molecule has 1 aliphatic carbocycles. The molecule has 2 unspecified atom stereocenters. The summed E-state index contributed by atoms with van der Waals surface area (Å²) >= 11 is 0. The Morgan fingerprint density at radius 2 is 2.24 bits per heavy atom. The van der Waals surface area contributed by atoms with E-state index in [1.54, 1.807) is 14.0 Å². The number of rotatable bonds is 4. The van der Waals surface area contributed by atoms with Crippen LogP contribution in [-0.4, -0.2) is 37.7 Å². The molecule has 0 amide bonds. The molecule has 0 radical (unpaired) electrons. The second-order valence-electron chi connectivity index (χ2n) is 5.82. The van der Waals surface area contributed by atoms with Gasteiger partial charge in [-0.15, -0.1) is 0 Å². The minimum Gasteiger partial charge on any atom is -0.496 e. The first-order valence-electron chi connectivity index (χ1n) is 7.49. The minimum absolute atomic E-state index is 0.0787. The van der Waals surface area contributed by atoms with E-state index < -0.39 is 11.9 Å². The van der Waals surface area contributed by atoms with Gasteiger partial charge in [-0.2, -0.15) is 0 Å². The van der Waals surface area contributed by atoms with Crippen molar-refractivity contribution in [3.8, 4) is 0 Å². The van der Waals surface area contributed by atoms with Gasteiger partial charge in [-0.3, -0.25) is 0 Å². The van der Waals surface area contributed by atoms with Crippen LogP contribution in [0.2, 0.25) is 0 Å². The van der Waals surface area contributed by atoms with Crippen LogP contribution in [0.4, 0.5) is 0 Å². The maximum Gasteiger partial charge on any atom is 0.338 e. The molecule has 0 bridgehead atoms. The van der Waals surface area contributed by atoms with Gasteiger partial charge in [0.25, 0.3) is 0 Å². The molecule has 0 aromatic heterocycles. The summed E-state index contributed by atoms with van der Waals surface area (Å²) in [7, 11) is 1.55. The molecule has 0 N–H and O–H groups in total. The minimum atomic E-state index is -0.965. The molecule has 0 saturated carbocycles. The number of methoxy groups -OCH3 is 1. The zero-order valence-electron chi connectivity index (χ0n) is 12.9. The predicted octanol–water partition coefficient (Wildman–Crippen LogP) is 2.18. The maximum absolute atomic E-state index is 11.9. The fraction of sp³-hybridized carbons (Fsp3) is 0.688. The van der Waals surface area contributed by atoms with Crippen molar-refractivity contribution in [3.63, 3.8) is 0 Å². The van der Waals surface area contributed by atoms with Crippen molar-refractivity contribution >= 4 is 5.97 Å². The van der Waals surface area contributed by atoms with E-state index in [1.165, 1.54) is 0 Å². The molecule has 0 aromatic rings. The SMILES string of the molecule is CCOC1(C2OC(=O)C(C)=C2OC)O[C@H]2CC=C[C@H]2[C@@H]1C. The molecule has 0 aromatic carbocycles. The van der Waals surface area contributed by atoms with Gasteiger partial charge in [-0.25, -0.2) is 4.79 Å².